The minimum Gasteiger partial charge on any atom is -0.462 e. The number of pyridine rings is 1. The molecule has 0 unspecified atom stereocenters. The molecule has 0 saturated heterocycles. The van der Waals surface area contributed by atoms with Crippen molar-refractivity contribution < 1.29 is 13.9 Å². The summed E-state index contributed by atoms with van der Waals surface area (Å²) < 4.78 is 21.3. The van der Waals surface area contributed by atoms with E-state index in [1.54, 1.807) is 19.2 Å². The van der Waals surface area contributed by atoms with Crippen LogP contribution in [0.3, 0.4) is 0 Å². The highest BCUT2D eigenvalue weighted by Crippen LogP contribution is 2.43. The number of rotatable bonds is 4. The Morgan fingerprint density at radius 2 is 2.04 bits per heavy atom. The lowest BCUT2D eigenvalue weighted by Crippen LogP contribution is -2.21. The topological polar surface area (TPSA) is 48.3 Å². The summed E-state index contributed by atoms with van der Waals surface area (Å²) in [5.74, 6) is -0.715. The minimum absolute atomic E-state index is 0.00942. The Hall–Kier alpha value is -2.17. The quantitative estimate of drug-likeness (QED) is 0.811. The second-order valence-corrected chi connectivity index (χ2v) is 6.40. The first-order valence-electron chi connectivity index (χ1n) is 8.15. The third kappa shape index (κ3) is 2.44. The van der Waals surface area contributed by atoms with E-state index in [4.69, 9.17) is 4.74 Å². The fraction of sp³-hybridized carbons (Fsp3) is 0.444. The number of fused-ring (bicyclic) bond motifs is 1. The average Bonchev–Trinajstić information content (AvgIpc) is 3.39. The number of carbonyl (C=O) groups is 1. The van der Waals surface area contributed by atoms with Crippen molar-refractivity contribution in [2.45, 2.75) is 44.6 Å². The molecule has 0 atom stereocenters. The molecule has 2 aromatic rings. The van der Waals surface area contributed by atoms with Gasteiger partial charge in [0.05, 0.1) is 12.1 Å². The van der Waals surface area contributed by atoms with Gasteiger partial charge in [0, 0.05) is 17.6 Å². The van der Waals surface area contributed by atoms with E-state index in [0.29, 0.717) is 5.56 Å². The van der Waals surface area contributed by atoms with Gasteiger partial charge in [0.25, 0.3) is 0 Å². The predicted molar refractivity (Wildman–Crippen MR) is 84.4 cm³/mol. The Bertz CT molecular complexity index is 863. The molecule has 2 aliphatic carbocycles. The minimum atomic E-state index is -0.638. The van der Waals surface area contributed by atoms with Crippen molar-refractivity contribution in [3.63, 3.8) is 0 Å². The van der Waals surface area contributed by atoms with E-state index >= 15 is 0 Å². The molecule has 0 N–H and O–H groups in total. The number of hydrogen-bond donors (Lipinski definition) is 0. The van der Waals surface area contributed by atoms with Crippen LogP contribution in [-0.2, 0) is 4.74 Å². The van der Waals surface area contributed by atoms with Crippen molar-refractivity contribution in [1.82, 2.24) is 4.57 Å². The highest BCUT2D eigenvalue weighted by molar-refractivity contribution is 5.94. The van der Waals surface area contributed by atoms with Crippen LogP contribution in [0.5, 0.6) is 0 Å². The zero-order valence-corrected chi connectivity index (χ0v) is 13.0. The van der Waals surface area contributed by atoms with Crippen LogP contribution in [0.15, 0.2) is 23.1 Å². The Morgan fingerprint density at radius 3 is 2.65 bits per heavy atom. The number of esters is 1. The lowest BCUT2D eigenvalue weighted by atomic mass is 10.0. The summed E-state index contributed by atoms with van der Waals surface area (Å²) in [6, 6.07) is 3.38. The zero-order valence-electron chi connectivity index (χ0n) is 13.0. The maximum atomic E-state index is 14.4. The second-order valence-electron chi connectivity index (χ2n) is 6.40. The average molecular weight is 315 g/mol. The fourth-order valence-electron chi connectivity index (χ4n) is 3.10. The van der Waals surface area contributed by atoms with E-state index in [-0.39, 0.29) is 35.3 Å². The number of aromatic nitrogens is 1. The van der Waals surface area contributed by atoms with Crippen LogP contribution in [-0.4, -0.2) is 17.1 Å². The maximum Gasteiger partial charge on any atom is 0.343 e. The van der Waals surface area contributed by atoms with E-state index in [9.17, 15) is 14.0 Å². The number of halogens is 1. The smallest absolute Gasteiger partial charge is 0.343 e. The lowest BCUT2D eigenvalue weighted by molar-refractivity contribution is 0.0524. The molecule has 0 spiro atoms. The molecule has 1 aromatic heterocycles. The molecule has 0 amide bonds. The van der Waals surface area contributed by atoms with E-state index in [1.165, 1.54) is 6.07 Å². The van der Waals surface area contributed by atoms with Crippen LogP contribution < -0.4 is 5.43 Å². The van der Waals surface area contributed by atoms with Gasteiger partial charge in [-0.3, -0.25) is 4.79 Å². The van der Waals surface area contributed by atoms with Gasteiger partial charge in [-0.2, -0.15) is 0 Å². The molecule has 4 nitrogen and oxygen atoms in total. The lowest BCUT2D eigenvalue weighted by Gasteiger charge is -2.14. The maximum absolute atomic E-state index is 14.4. The van der Waals surface area contributed by atoms with Crippen LogP contribution >= 0.6 is 0 Å². The highest BCUT2D eigenvalue weighted by atomic mass is 19.1. The Morgan fingerprint density at radius 1 is 1.30 bits per heavy atom. The molecular weight excluding hydrogens is 297 g/mol. The largest absolute Gasteiger partial charge is 0.462 e. The molecule has 2 saturated carbocycles. The third-order valence-corrected chi connectivity index (χ3v) is 4.60. The number of hydrogen-bond acceptors (Lipinski definition) is 3. The molecule has 0 bridgehead atoms. The normalized spacial score (nSPS) is 17.5. The molecule has 2 aliphatic rings. The van der Waals surface area contributed by atoms with E-state index in [1.807, 2.05) is 4.57 Å². The van der Waals surface area contributed by atoms with Gasteiger partial charge >= 0.3 is 5.97 Å². The van der Waals surface area contributed by atoms with Gasteiger partial charge in [-0.1, -0.05) is 0 Å². The summed E-state index contributed by atoms with van der Waals surface area (Å²) in [6.45, 7) is 1.90. The van der Waals surface area contributed by atoms with Crippen molar-refractivity contribution in [3.05, 3.63) is 45.5 Å². The van der Waals surface area contributed by atoms with Crippen LogP contribution in [0.4, 0.5) is 4.39 Å². The Kier molecular flexibility index (Phi) is 3.25. The molecule has 4 rings (SSSR count). The van der Waals surface area contributed by atoms with Crippen molar-refractivity contribution in [1.29, 1.82) is 0 Å². The standard InChI is InChI=1S/C18H18FNO3/c1-2-23-18(22)14-9-20(11-5-6-11)16-8-12(10-3-4-10)15(19)7-13(16)17(14)21/h7-11H,2-6H2,1H3. The predicted octanol–water partition coefficient (Wildman–Crippen LogP) is 3.53. The summed E-state index contributed by atoms with van der Waals surface area (Å²) in [5.41, 5.74) is 0.963. The van der Waals surface area contributed by atoms with Crippen LogP contribution in [0.1, 0.15) is 60.5 Å². The molecule has 0 aliphatic heterocycles. The molecule has 23 heavy (non-hydrogen) atoms. The summed E-state index contributed by atoms with van der Waals surface area (Å²) in [5, 5.41) is 0.268. The molecule has 1 heterocycles. The van der Waals surface area contributed by atoms with Gasteiger partial charge in [-0.15, -0.1) is 0 Å². The van der Waals surface area contributed by atoms with Gasteiger partial charge in [0.2, 0.25) is 5.43 Å². The van der Waals surface area contributed by atoms with Crippen molar-refractivity contribution in [2.75, 3.05) is 6.61 Å². The number of ether oxygens (including phenoxy) is 1. The monoisotopic (exact) mass is 315 g/mol. The Balaban J connectivity index is 1.97. The summed E-state index contributed by atoms with van der Waals surface area (Å²) >= 11 is 0. The van der Waals surface area contributed by atoms with Crippen molar-refractivity contribution >= 4 is 16.9 Å². The van der Waals surface area contributed by atoms with Gasteiger partial charge in [0.1, 0.15) is 11.4 Å². The molecule has 0 radical (unpaired) electrons. The van der Waals surface area contributed by atoms with E-state index in [2.05, 4.69) is 0 Å². The molecule has 1 aromatic carbocycles. The van der Waals surface area contributed by atoms with Crippen molar-refractivity contribution in [3.8, 4) is 0 Å². The van der Waals surface area contributed by atoms with Gasteiger partial charge < -0.3 is 9.30 Å². The number of nitrogens with zero attached hydrogens (tertiary/aromatic N) is 1. The third-order valence-electron chi connectivity index (χ3n) is 4.60. The number of benzene rings is 1. The number of carbonyl (C=O) groups excluding carboxylic acids is 1. The first-order chi connectivity index (χ1) is 11.1. The second kappa shape index (κ2) is 5.18. The van der Waals surface area contributed by atoms with Crippen LogP contribution in [0, 0.1) is 5.82 Å². The fourth-order valence-corrected chi connectivity index (χ4v) is 3.10. The first kappa shape index (κ1) is 14.4. The molecule has 120 valence electrons. The zero-order chi connectivity index (χ0) is 16.1. The molecule has 2 fully saturated rings. The van der Waals surface area contributed by atoms with Crippen molar-refractivity contribution in [2.24, 2.45) is 0 Å². The summed E-state index contributed by atoms with van der Waals surface area (Å²) in [6.07, 6.45) is 5.61. The Labute approximate surface area is 132 Å². The molecule has 5 heteroatoms. The van der Waals surface area contributed by atoms with E-state index in [0.717, 1.165) is 31.2 Å². The van der Waals surface area contributed by atoms with Crippen LogP contribution in [0.2, 0.25) is 0 Å². The van der Waals surface area contributed by atoms with Gasteiger partial charge in [-0.25, -0.2) is 9.18 Å². The first-order valence-corrected chi connectivity index (χ1v) is 8.15. The van der Waals surface area contributed by atoms with Gasteiger partial charge in [-0.05, 0) is 56.2 Å². The highest BCUT2D eigenvalue weighted by Gasteiger charge is 2.31. The summed E-state index contributed by atoms with van der Waals surface area (Å²) in [7, 11) is 0. The summed E-state index contributed by atoms with van der Waals surface area (Å²) in [4.78, 5) is 24.7. The van der Waals surface area contributed by atoms with Gasteiger partial charge in [0.15, 0.2) is 0 Å². The van der Waals surface area contributed by atoms with Crippen LogP contribution in [0.25, 0.3) is 10.9 Å². The SMILES string of the molecule is CCOC(=O)c1cn(C2CC2)c2cc(C3CC3)c(F)cc2c1=O. The van der Waals surface area contributed by atoms with E-state index < -0.39 is 11.4 Å². The molecular formula is C18H18FNO3.